The quantitative estimate of drug-likeness (QED) is 0.817. The van der Waals surface area contributed by atoms with E-state index in [0.29, 0.717) is 12.0 Å². The molecule has 4 heteroatoms. The molecule has 6 unspecified atom stereocenters. The molecule has 2 aliphatic rings. The fourth-order valence-electron chi connectivity index (χ4n) is 3.85. The van der Waals surface area contributed by atoms with Crippen molar-refractivity contribution >= 4 is 18.3 Å². The van der Waals surface area contributed by atoms with E-state index in [-0.39, 0.29) is 30.3 Å². The fraction of sp³-hybridized carbons (Fsp3) is 0.933. The van der Waals surface area contributed by atoms with Gasteiger partial charge in [-0.15, -0.1) is 12.4 Å². The van der Waals surface area contributed by atoms with Gasteiger partial charge in [0.05, 0.1) is 6.04 Å². The summed E-state index contributed by atoms with van der Waals surface area (Å²) in [5, 5.41) is 3.16. The zero-order chi connectivity index (χ0) is 13.3. The van der Waals surface area contributed by atoms with E-state index < -0.39 is 0 Å². The van der Waals surface area contributed by atoms with E-state index in [1.807, 2.05) is 6.92 Å². The lowest BCUT2D eigenvalue weighted by Gasteiger charge is -2.30. The van der Waals surface area contributed by atoms with Crippen LogP contribution in [0.25, 0.3) is 0 Å². The zero-order valence-electron chi connectivity index (χ0n) is 12.4. The van der Waals surface area contributed by atoms with Crippen molar-refractivity contribution in [3.8, 4) is 0 Å². The van der Waals surface area contributed by atoms with Crippen LogP contribution in [-0.2, 0) is 4.79 Å². The predicted octanol–water partition coefficient (Wildman–Crippen LogP) is 2.72. The van der Waals surface area contributed by atoms with Crippen molar-refractivity contribution in [1.29, 1.82) is 0 Å². The Morgan fingerprint density at radius 1 is 1.32 bits per heavy atom. The van der Waals surface area contributed by atoms with Crippen molar-refractivity contribution in [2.75, 3.05) is 0 Å². The van der Waals surface area contributed by atoms with E-state index in [1.165, 1.54) is 25.7 Å². The molecule has 2 bridgehead atoms. The molecule has 0 aromatic rings. The number of carbonyl (C=O) groups excluding carboxylic acids is 1. The smallest absolute Gasteiger partial charge is 0.237 e. The molecule has 0 spiro atoms. The number of fused-ring (bicyclic) bond motifs is 2. The monoisotopic (exact) mass is 288 g/mol. The number of hydrogen-bond acceptors (Lipinski definition) is 2. The third-order valence-electron chi connectivity index (χ3n) is 5.36. The molecule has 0 saturated heterocycles. The van der Waals surface area contributed by atoms with E-state index >= 15 is 0 Å². The first kappa shape index (κ1) is 16.8. The molecule has 0 aromatic heterocycles. The van der Waals surface area contributed by atoms with Crippen LogP contribution in [0.1, 0.15) is 52.9 Å². The number of hydrogen-bond donors (Lipinski definition) is 2. The van der Waals surface area contributed by atoms with Crippen LogP contribution in [0.4, 0.5) is 0 Å². The molecule has 19 heavy (non-hydrogen) atoms. The number of carbonyl (C=O) groups is 1. The van der Waals surface area contributed by atoms with Gasteiger partial charge in [0, 0.05) is 6.04 Å². The molecule has 3 nitrogen and oxygen atoms in total. The Kier molecular flexibility index (Phi) is 6.13. The topological polar surface area (TPSA) is 55.1 Å². The van der Waals surface area contributed by atoms with Crippen LogP contribution in [0.5, 0.6) is 0 Å². The second-order valence-corrected chi connectivity index (χ2v) is 6.55. The first-order chi connectivity index (χ1) is 8.52. The molecule has 2 aliphatic carbocycles. The number of rotatable bonds is 5. The highest BCUT2D eigenvalue weighted by molar-refractivity contribution is 5.85. The van der Waals surface area contributed by atoms with E-state index in [9.17, 15) is 4.79 Å². The Hall–Kier alpha value is -0.280. The van der Waals surface area contributed by atoms with Gasteiger partial charge in [-0.1, -0.05) is 26.7 Å². The summed E-state index contributed by atoms with van der Waals surface area (Å²) in [6.45, 7) is 6.29. The highest BCUT2D eigenvalue weighted by Gasteiger charge is 2.42. The van der Waals surface area contributed by atoms with Crippen molar-refractivity contribution in [3.63, 3.8) is 0 Å². The van der Waals surface area contributed by atoms with Crippen LogP contribution < -0.4 is 11.1 Å². The third kappa shape index (κ3) is 3.63. The van der Waals surface area contributed by atoms with E-state index in [0.717, 1.165) is 18.3 Å². The first-order valence-electron chi connectivity index (χ1n) is 7.58. The van der Waals surface area contributed by atoms with Gasteiger partial charge in [0.2, 0.25) is 5.91 Å². The molecule has 0 aliphatic heterocycles. The Labute approximate surface area is 123 Å². The maximum atomic E-state index is 12.1. The minimum Gasteiger partial charge on any atom is -0.352 e. The molecule has 2 rings (SSSR count). The molecule has 1 amide bonds. The van der Waals surface area contributed by atoms with Crippen molar-refractivity contribution in [3.05, 3.63) is 0 Å². The lowest BCUT2D eigenvalue weighted by molar-refractivity contribution is -0.124. The average molecular weight is 289 g/mol. The van der Waals surface area contributed by atoms with Gasteiger partial charge in [0.1, 0.15) is 0 Å². The average Bonchev–Trinajstić information content (AvgIpc) is 2.98. The minimum absolute atomic E-state index is 0. The standard InChI is InChI=1S/C15H28N2O.ClH/c1-4-9(2)14(16)15(18)17-10(3)13-8-11-5-6-12(13)7-11;/h9-14H,4-8,16H2,1-3H3,(H,17,18);1H. The summed E-state index contributed by atoms with van der Waals surface area (Å²) in [6, 6.07) is -0.0565. The van der Waals surface area contributed by atoms with Gasteiger partial charge >= 0.3 is 0 Å². The summed E-state index contributed by atoms with van der Waals surface area (Å²) >= 11 is 0. The van der Waals surface area contributed by atoms with E-state index in [2.05, 4.69) is 19.2 Å². The largest absolute Gasteiger partial charge is 0.352 e. The van der Waals surface area contributed by atoms with Gasteiger partial charge in [0.25, 0.3) is 0 Å². The summed E-state index contributed by atoms with van der Waals surface area (Å²) in [4.78, 5) is 12.1. The molecule has 2 fully saturated rings. The molecule has 0 aromatic carbocycles. The second-order valence-electron chi connectivity index (χ2n) is 6.55. The van der Waals surface area contributed by atoms with Crippen molar-refractivity contribution < 1.29 is 4.79 Å². The molecular weight excluding hydrogens is 260 g/mol. The summed E-state index contributed by atoms with van der Waals surface area (Å²) < 4.78 is 0. The van der Waals surface area contributed by atoms with Gasteiger partial charge in [0.15, 0.2) is 0 Å². The number of amides is 1. The van der Waals surface area contributed by atoms with E-state index in [1.54, 1.807) is 0 Å². The summed E-state index contributed by atoms with van der Waals surface area (Å²) in [7, 11) is 0. The number of halogens is 1. The summed E-state index contributed by atoms with van der Waals surface area (Å²) in [5.74, 6) is 2.78. The summed E-state index contributed by atoms with van der Waals surface area (Å²) in [5.41, 5.74) is 5.98. The molecular formula is C15H29ClN2O. The highest BCUT2D eigenvalue weighted by Crippen LogP contribution is 2.49. The Morgan fingerprint density at radius 2 is 2.00 bits per heavy atom. The van der Waals surface area contributed by atoms with Crippen LogP contribution in [0.2, 0.25) is 0 Å². The second kappa shape index (κ2) is 6.94. The normalized spacial score (nSPS) is 33.4. The first-order valence-corrected chi connectivity index (χ1v) is 7.58. The van der Waals surface area contributed by atoms with Crippen molar-refractivity contribution in [1.82, 2.24) is 5.32 Å². The number of nitrogens with two attached hydrogens (primary N) is 1. The van der Waals surface area contributed by atoms with Gasteiger partial charge in [-0.3, -0.25) is 4.79 Å². The van der Waals surface area contributed by atoms with Crippen LogP contribution >= 0.6 is 12.4 Å². The van der Waals surface area contributed by atoms with Crippen LogP contribution in [0.15, 0.2) is 0 Å². The number of nitrogens with one attached hydrogen (secondary N) is 1. The van der Waals surface area contributed by atoms with Crippen molar-refractivity contribution in [2.45, 2.75) is 65.0 Å². The fourth-order valence-corrected chi connectivity index (χ4v) is 3.85. The predicted molar refractivity (Wildman–Crippen MR) is 81.2 cm³/mol. The Balaban J connectivity index is 0.00000180. The molecule has 6 atom stereocenters. The van der Waals surface area contributed by atoms with Crippen LogP contribution in [0, 0.1) is 23.7 Å². The van der Waals surface area contributed by atoms with Gasteiger partial charge in [-0.05, 0) is 49.9 Å². The SMILES string of the molecule is CCC(C)C(N)C(=O)NC(C)C1CC2CCC1C2.Cl. The van der Waals surface area contributed by atoms with Gasteiger partial charge in [-0.2, -0.15) is 0 Å². The zero-order valence-corrected chi connectivity index (χ0v) is 13.2. The lowest BCUT2D eigenvalue weighted by atomic mass is 9.83. The summed E-state index contributed by atoms with van der Waals surface area (Å²) in [6.07, 6.45) is 6.44. The Morgan fingerprint density at radius 3 is 2.47 bits per heavy atom. The van der Waals surface area contributed by atoms with Crippen molar-refractivity contribution in [2.24, 2.45) is 29.4 Å². The minimum atomic E-state index is -0.351. The Bertz CT molecular complexity index is 311. The molecule has 3 N–H and O–H groups in total. The van der Waals surface area contributed by atoms with E-state index in [4.69, 9.17) is 5.73 Å². The lowest BCUT2D eigenvalue weighted by Crippen LogP contribution is -2.50. The van der Waals surface area contributed by atoms with Crippen LogP contribution in [-0.4, -0.2) is 18.0 Å². The molecule has 0 radical (unpaired) electrons. The van der Waals surface area contributed by atoms with Crippen LogP contribution in [0.3, 0.4) is 0 Å². The molecule has 2 saturated carbocycles. The maximum absolute atomic E-state index is 12.1. The maximum Gasteiger partial charge on any atom is 0.237 e. The third-order valence-corrected chi connectivity index (χ3v) is 5.36. The van der Waals surface area contributed by atoms with Gasteiger partial charge < -0.3 is 11.1 Å². The molecule has 0 heterocycles. The van der Waals surface area contributed by atoms with Gasteiger partial charge in [-0.25, -0.2) is 0 Å². The highest BCUT2D eigenvalue weighted by atomic mass is 35.5. The molecule has 112 valence electrons.